The van der Waals surface area contributed by atoms with Crippen molar-refractivity contribution in [2.75, 3.05) is 0 Å². The van der Waals surface area contributed by atoms with E-state index in [4.69, 9.17) is 0 Å². The normalized spacial score (nSPS) is 12.3. The molecule has 0 aliphatic carbocycles. The van der Waals surface area contributed by atoms with Crippen LogP contribution < -0.4 is 0 Å². The summed E-state index contributed by atoms with van der Waals surface area (Å²) in [7, 11) is 0. The molecule has 0 aromatic heterocycles. The quantitative estimate of drug-likeness (QED) is 0.425. The maximum Gasteiger partial charge on any atom is 0.417 e. The first-order valence-corrected chi connectivity index (χ1v) is 6.04. The third-order valence-electron chi connectivity index (χ3n) is 3.02. The maximum absolute atomic E-state index is 13.1. The van der Waals surface area contributed by atoms with Gasteiger partial charge >= 0.3 is 12.4 Å². The summed E-state index contributed by atoms with van der Waals surface area (Å²) in [6.45, 7) is 0. The number of hydrogen-bond acceptors (Lipinski definition) is 2. The second-order valence-corrected chi connectivity index (χ2v) is 4.53. The average Bonchev–Trinajstić information content (AvgIpc) is 2.44. The van der Waals surface area contributed by atoms with E-state index >= 15 is 0 Å². The van der Waals surface area contributed by atoms with E-state index in [9.17, 15) is 36.5 Å². The Labute approximate surface area is 125 Å². The summed E-state index contributed by atoms with van der Waals surface area (Å²) >= 11 is 0. The zero-order valence-corrected chi connectivity index (χ0v) is 11.1. The molecular formula is C14H7F6NO2. The van der Waals surface area contributed by atoms with Crippen LogP contribution in [0.3, 0.4) is 0 Å². The lowest BCUT2D eigenvalue weighted by molar-refractivity contribution is -0.384. The van der Waals surface area contributed by atoms with Crippen molar-refractivity contribution in [1.82, 2.24) is 0 Å². The molecule has 2 aromatic carbocycles. The zero-order chi connectivity index (χ0) is 17.4. The Balaban J connectivity index is 2.79. The van der Waals surface area contributed by atoms with Crippen LogP contribution in [0.15, 0.2) is 42.5 Å². The number of rotatable bonds is 2. The van der Waals surface area contributed by atoms with Crippen molar-refractivity contribution < 1.29 is 31.3 Å². The van der Waals surface area contributed by atoms with Crippen molar-refractivity contribution in [3.63, 3.8) is 0 Å². The van der Waals surface area contributed by atoms with Gasteiger partial charge in [0.15, 0.2) is 0 Å². The summed E-state index contributed by atoms with van der Waals surface area (Å²) in [6, 6.07) is 5.22. The van der Waals surface area contributed by atoms with Crippen LogP contribution >= 0.6 is 0 Å². The minimum atomic E-state index is -4.95. The van der Waals surface area contributed by atoms with Gasteiger partial charge in [-0.15, -0.1) is 0 Å². The molecule has 9 heteroatoms. The third kappa shape index (κ3) is 3.43. The van der Waals surface area contributed by atoms with Gasteiger partial charge < -0.3 is 0 Å². The Morgan fingerprint density at radius 3 is 2.00 bits per heavy atom. The molecule has 0 radical (unpaired) electrons. The molecule has 0 bridgehead atoms. The van der Waals surface area contributed by atoms with E-state index < -0.39 is 45.2 Å². The fraction of sp³-hybridized carbons (Fsp3) is 0.143. The van der Waals surface area contributed by atoms with Gasteiger partial charge in [0.2, 0.25) is 0 Å². The van der Waals surface area contributed by atoms with E-state index in [-0.39, 0.29) is 0 Å². The molecular weight excluding hydrogens is 328 g/mol. The molecule has 0 fully saturated rings. The lowest BCUT2D eigenvalue weighted by Crippen LogP contribution is -2.10. The predicted molar refractivity (Wildman–Crippen MR) is 68.5 cm³/mol. The van der Waals surface area contributed by atoms with Gasteiger partial charge in [0, 0.05) is 6.07 Å². The van der Waals surface area contributed by atoms with Crippen LogP contribution in [0.4, 0.5) is 32.0 Å². The van der Waals surface area contributed by atoms with Crippen molar-refractivity contribution in [3.05, 3.63) is 63.7 Å². The molecule has 0 spiro atoms. The number of benzene rings is 2. The highest BCUT2D eigenvalue weighted by Gasteiger charge is 2.38. The lowest BCUT2D eigenvalue weighted by Gasteiger charge is -2.14. The monoisotopic (exact) mass is 335 g/mol. The number of halogens is 6. The summed E-state index contributed by atoms with van der Waals surface area (Å²) in [6.07, 6.45) is -9.73. The van der Waals surface area contributed by atoms with Gasteiger partial charge in [-0.2, -0.15) is 26.3 Å². The minimum absolute atomic E-state index is 0.456. The molecule has 0 saturated heterocycles. The molecule has 0 aliphatic heterocycles. The van der Waals surface area contributed by atoms with Gasteiger partial charge in [0.25, 0.3) is 5.69 Å². The van der Waals surface area contributed by atoms with Crippen LogP contribution in [0.25, 0.3) is 11.1 Å². The standard InChI is InChI=1S/C14H7F6NO2/c15-13(16,17)9-4-1-3-8(7-9)12-10(14(18,19)20)5-2-6-11(12)21(22)23/h1-7H. The molecule has 3 nitrogen and oxygen atoms in total. The topological polar surface area (TPSA) is 43.1 Å². The highest BCUT2D eigenvalue weighted by Crippen LogP contribution is 2.43. The Bertz CT molecular complexity index is 752. The molecule has 0 aliphatic rings. The average molecular weight is 335 g/mol. The number of nitro groups is 1. The summed E-state index contributed by atoms with van der Waals surface area (Å²) in [4.78, 5) is 9.91. The highest BCUT2D eigenvalue weighted by atomic mass is 19.4. The first-order chi connectivity index (χ1) is 10.5. The Kier molecular flexibility index (Phi) is 4.06. The van der Waals surface area contributed by atoms with Gasteiger partial charge in [-0.1, -0.05) is 18.2 Å². The zero-order valence-electron chi connectivity index (χ0n) is 11.1. The smallest absolute Gasteiger partial charge is 0.258 e. The van der Waals surface area contributed by atoms with Crippen LogP contribution in [0.1, 0.15) is 11.1 Å². The third-order valence-corrected chi connectivity index (χ3v) is 3.02. The Morgan fingerprint density at radius 2 is 1.48 bits per heavy atom. The second kappa shape index (κ2) is 5.56. The van der Waals surface area contributed by atoms with E-state index in [2.05, 4.69) is 0 Å². The van der Waals surface area contributed by atoms with Crippen molar-refractivity contribution in [1.29, 1.82) is 0 Å². The molecule has 0 unspecified atom stereocenters. The molecule has 23 heavy (non-hydrogen) atoms. The van der Waals surface area contributed by atoms with E-state index in [1.54, 1.807) is 0 Å². The van der Waals surface area contributed by atoms with Gasteiger partial charge in [0.05, 0.1) is 21.6 Å². The number of hydrogen-bond donors (Lipinski definition) is 0. The van der Waals surface area contributed by atoms with Crippen molar-refractivity contribution in [2.24, 2.45) is 0 Å². The second-order valence-electron chi connectivity index (χ2n) is 4.53. The molecule has 0 N–H and O–H groups in total. The van der Waals surface area contributed by atoms with E-state index in [0.717, 1.165) is 24.3 Å². The Morgan fingerprint density at radius 1 is 0.870 bits per heavy atom. The number of alkyl halides is 6. The molecule has 0 atom stereocenters. The summed E-state index contributed by atoms with van der Waals surface area (Å²) < 4.78 is 77.4. The van der Waals surface area contributed by atoms with Crippen LogP contribution in [0, 0.1) is 10.1 Å². The van der Waals surface area contributed by atoms with Crippen molar-refractivity contribution in [3.8, 4) is 11.1 Å². The first-order valence-electron chi connectivity index (χ1n) is 6.04. The van der Waals surface area contributed by atoms with Crippen molar-refractivity contribution in [2.45, 2.75) is 12.4 Å². The predicted octanol–water partition coefficient (Wildman–Crippen LogP) is 5.30. The van der Waals surface area contributed by atoms with Crippen LogP contribution in [-0.4, -0.2) is 4.92 Å². The van der Waals surface area contributed by atoms with Crippen LogP contribution in [0.5, 0.6) is 0 Å². The fourth-order valence-corrected chi connectivity index (χ4v) is 2.08. The molecule has 0 saturated carbocycles. The van der Waals surface area contributed by atoms with Gasteiger partial charge in [-0.3, -0.25) is 10.1 Å². The molecule has 2 rings (SSSR count). The van der Waals surface area contributed by atoms with Crippen LogP contribution in [0.2, 0.25) is 0 Å². The largest absolute Gasteiger partial charge is 0.417 e. The number of nitro benzene ring substituents is 1. The van der Waals surface area contributed by atoms with E-state index in [0.29, 0.717) is 18.2 Å². The van der Waals surface area contributed by atoms with Gasteiger partial charge in [-0.25, -0.2) is 0 Å². The summed E-state index contributed by atoms with van der Waals surface area (Å²) in [5, 5.41) is 11.0. The summed E-state index contributed by atoms with van der Waals surface area (Å²) in [5.41, 5.74) is -4.90. The Hall–Kier alpha value is -2.58. The lowest BCUT2D eigenvalue weighted by atomic mass is 9.96. The van der Waals surface area contributed by atoms with Gasteiger partial charge in [-0.05, 0) is 23.8 Å². The maximum atomic E-state index is 13.1. The number of nitrogens with zero attached hydrogens (tertiary/aromatic N) is 1. The fourth-order valence-electron chi connectivity index (χ4n) is 2.08. The SMILES string of the molecule is O=[N+]([O-])c1cccc(C(F)(F)F)c1-c1cccc(C(F)(F)F)c1. The first kappa shape index (κ1) is 16.8. The van der Waals surface area contributed by atoms with E-state index in [1.165, 1.54) is 0 Å². The summed E-state index contributed by atoms with van der Waals surface area (Å²) in [5.74, 6) is 0. The molecule has 2 aromatic rings. The van der Waals surface area contributed by atoms with Crippen LogP contribution in [-0.2, 0) is 12.4 Å². The van der Waals surface area contributed by atoms with Crippen molar-refractivity contribution >= 4 is 5.69 Å². The van der Waals surface area contributed by atoms with Gasteiger partial charge in [0.1, 0.15) is 0 Å². The molecule has 122 valence electrons. The highest BCUT2D eigenvalue weighted by molar-refractivity contribution is 5.78. The molecule has 0 heterocycles. The molecule has 0 amide bonds. The van der Waals surface area contributed by atoms with E-state index in [1.807, 2.05) is 0 Å². The minimum Gasteiger partial charge on any atom is -0.258 e.